The minimum Gasteiger partial charge on any atom is -0.307 e. The van der Waals surface area contributed by atoms with Crippen molar-refractivity contribution in [3.05, 3.63) is 70.3 Å². The molecule has 1 nitrogen and oxygen atoms in total. The van der Waals surface area contributed by atoms with Gasteiger partial charge in [-0.2, -0.15) is 0 Å². The van der Waals surface area contributed by atoms with Gasteiger partial charge in [0.05, 0.1) is 6.04 Å². The molecule has 1 unspecified atom stereocenters. The second-order valence-electron chi connectivity index (χ2n) is 5.79. The summed E-state index contributed by atoms with van der Waals surface area (Å²) >= 11 is 0. The first-order valence-corrected chi connectivity index (χ1v) is 8.05. The Bertz CT molecular complexity index is 549. The third kappa shape index (κ3) is 3.74. The summed E-state index contributed by atoms with van der Waals surface area (Å²) in [5, 5.41) is 3.65. The van der Waals surface area contributed by atoms with Crippen molar-refractivity contribution in [1.29, 1.82) is 0 Å². The average Bonchev–Trinajstić information content (AvgIpc) is 2.47. The number of benzene rings is 2. The number of rotatable bonds is 6. The smallest absolute Gasteiger partial charge is 0.0581 e. The van der Waals surface area contributed by atoms with E-state index in [9.17, 15) is 0 Å². The molecule has 0 amide bonds. The van der Waals surface area contributed by atoms with Crippen LogP contribution in [0.3, 0.4) is 0 Å². The van der Waals surface area contributed by atoms with E-state index in [0.717, 1.165) is 13.0 Å². The van der Waals surface area contributed by atoms with Crippen LogP contribution >= 0.6 is 0 Å². The van der Waals surface area contributed by atoms with E-state index in [1.807, 2.05) is 0 Å². The molecule has 1 atom stereocenters. The van der Waals surface area contributed by atoms with Crippen molar-refractivity contribution in [2.75, 3.05) is 6.54 Å². The normalized spacial score (nSPS) is 12.4. The molecule has 0 saturated heterocycles. The lowest BCUT2D eigenvalue weighted by Gasteiger charge is -2.23. The number of hydrogen-bond donors (Lipinski definition) is 1. The van der Waals surface area contributed by atoms with Crippen LogP contribution in [0.25, 0.3) is 0 Å². The zero-order chi connectivity index (χ0) is 15.2. The topological polar surface area (TPSA) is 12.0 Å². The van der Waals surface area contributed by atoms with E-state index >= 15 is 0 Å². The predicted octanol–water partition coefficient (Wildman–Crippen LogP) is 4.95. The van der Waals surface area contributed by atoms with Gasteiger partial charge in [-0.1, -0.05) is 62.7 Å². The lowest BCUT2D eigenvalue weighted by atomic mass is 9.90. The third-order valence-electron chi connectivity index (χ3n) is 4.09. The van der Waals surface area contributed by atoms with Gasteiger partial charge in [-0.15, -0.1) is 0 Å². The highest BCUT2D eigenvalue weighted by molar-refractivity contribution is 5.42. The van der Waals surface area contributed by atoms with Gasteiger partial charge in [-0.3, -0.25) is 0 Å². The van der Waals surface area contributed by atoms with E-state index in [1.165, 1.54) is 34.2 Å². The first-order chi connectivity index (χ1) is 10.2. The second kappa shape index (κ2) is 7.42. The highest BCUT2D eigenvalue weighted by Crippen LogP contribution is 2.28. The van der Waals surface area contributed by atoms with Gasteiger partial charge in [0.25, 0.3) is 0 Å². The standard InChI is InChI=1S/C20H27N/c1-5-8-17-11-13-18(14-12-17)20(21-6-2)19-15(3)9-7-10-16(19)4/h7,9-14,20-21H,5-6,8H2,1-4H3. The fourth-order valence-corrected chi connectivity index (χ4v) is 3.04. The summed E-state index contributed by atoms with van der Waals surface area (Å²) < 4.78 is 0. The van der Waals surface area contributed by atoms with Gasteiger partial charge in [-0.05, 0) is 54.6 Å². The zero-order valence-corrected chi connectivity index (χ0v) is 13.7. The fraction of sp³-hybridized carbons (Fsp3) is 0.400. The molecule has 0 aromatic heterocycles. The summed E-state index contributed by atoms with van der Waals surface area (Å²) in [4.78, 5) is 0. The number of aryl methyl sites for hydroxylation is 3. The number of nitrogens with one attached hydrogen (secondary N) is 1. The van der Waals surface area contributed by atoms with Crippen LogP contribution in [0.5, 0.6) is 0 Å². The van der Waals surface area contributed by atoms with Crippen LogP contribution in [-0.2, 0) is 6.42 Å². The highest BCUT2D eigenvalue weighted by atomic mass is 14.9. The molecule has 0 heterocycles. The van der Waals surface area contributed by atoms with Crippen LogP contribution in [-0.4, -0.2) is 6.54 Å². The molecule has 0 radical (unpaired) electrons. The maximum Gasteiger partial charge on any atom is 0.0581 e. The van der Waals surface area contributed by atoms with Gasteiger partial charge in [0.2, 0.25) is 0 Å². The first kappa shape index (κ1) is 15.8. The quantitative estimate of drug-likeness (QED) is 0.789. The first-order valence-electron chi connectivity index (χ1n) is 8.05. The van der Waals surface area contributed by atoms with Gasteiger partial charge in [0.15, 0.2) is 0 Å². The van der Waals surface area contributed by atoms with Gasteiger partial charge < -0.3 is 5.32 Å². The molecule has 0 aliphatic carbocycles. The molecule has 0 spiro atoms. The molecule has 0 fully saturated rings. The predicted molar refractivity (Wildman–Crippen MR) is 91.9 cm³/mol. The Balaban J connectivity index is 2.38. The summed E-state index contributed by atoms with van der Waals surface area (Å²) in [5.41, 5.74) is 6.92. The highest BCUT2D eigenvalue weighted by Gasteiger charge is 2.17. The van der Waals surface area contributed by atoms with Crippen LogP contribution in [0.2, 0.25) is 0 Å². The van der Waals surface area contributed by atoms with Gasteiger partial charge in [0.1, 0.15) is 0 Å². The van der Waals surface area contributed by atoms with Crippen molar-refractivity contribution in [3.63, 3.8) is 0 Å². The van der Waals surface area contributed by atoms with Crippen molar-refractivity contribution in [2.45, 2.75) is 46.6 Å². The Hall–Kier alpha value is -1.60. The molecule has 1 heteroatoms. The summed E-state index contributed by atoms with van der Waals surface area (Å²) in [7, 11) is 0. The largest absolute Gasteiger partial charge is 0.307 e. The molecule has 1 N–H and O–H groups in total. The molecule has 112 valence electrons. The van der Waals surface area contributed by atoms with Crippen LogP contribution < -0.4 is 5.32 Å². The molecule has 2 aromatic rings. The number of hydrogen-bond acceptors (Lipinski definition) is 1. The third-order valence-corrected chi connectivity index (χ3v) is 4.09. The Morgan fingerprint density at radius 3 is 2.05 bits per heavy atom. The Morgan fingerprint density at radius 1 is 0.905 bits per heavy atom. The lowest BCUT2D eigenvalue weighted by Crippen LogP contribution is -2.23. The van der Waals surface area contributed by atoms with E-state index in [-0.39, 0.29) is 6.04 Å². The molecule has 21 heavy (non-hydrogen) atoms. The Morgan fingerprint density at radius 2 is 1.52 bits per heavy atom. The Kier molecular flexibility index (Phi) is 5.58. The van der Waals surface area contributed by atoms with E-state index < -0.39 is 0 Å². The van der Waals surface area contributed by atoms with Crippen molar-refractivity contribution in [2.24, 2.45) is 0 Å². The van der Waals surface area contributed by atoms with Crippen LogP contribution in [0, 0.1) is 13.8 Å². The molecular weight excluding hydrogens is 254 g/mol. The Labute approximate surface area is 129 Å². The summed E-state index contributed by atoms with van der Waals surface area (Å²) in [6, 6.07) is 16.0. The zero-order valence-electron chi connectivity index (χ0n) is 13.7. The molecule has 0 aliphatic heterocycles. The van der Waals surface area contributed by atoms with Crippen molar-refractivity contribution >= 4 is 0 Å². The average molecular weight is 281 g/mol. The lowest BCUT2D eigenvalue weighted by molar-refractivity contribution is 0.624. The van der Waals surface area contributed by atoms with E-state index in [2.05, 4.69) is 75.5 Å². The summed E-state index contributed by atoms with van der Waals surface area (Å²) in [6.45, 7) is 9.78. The maximum absolute atomic E-state index is 3.65. The molecule has 0 aliphatic rings. The van der Waals surface area contributed by atoms with E-state index in [4.69, 9.17) is 0 Å². The van der Waals surface area contributed by atoms with Crippen LogP contribution in [0.15, 0.2) is 42.5 Å². The van der Waals surface area contributed by atoms with Crippen molar-refractivity contribution in [1.82, 2.24) is 5.32 Å². The monoisotopic (exact) mass is 281 g/mol. The van der Waals surface area contributed by atoms with Gasteiger partial charge in [-0.25, -0.2) is 0 Å². The molecule has 2 rings (SSSR count). The summed E-state index contributed by atoms with van der Waals surface area (Å²) in [5.74, 6) is 0. The minimum absolute atomic E-state index is 0.284. The SMILES string of the molecule is CCCc1ccc(C(NCC)c2c(C)cccc2C)cc1. The summed E-state index contributed by atoms with van der Waals surface area (Å²) in [6.07, 6.45) is 2.36. The van der Waals surface area contributed by atoms with Crippen LogP contribution in [0.1, 0.15) is 54.1 Å². The van der Waals surface area contributed by atoms with Crippen molar-refractivity contribution in [3.8, 4) is 0 Å². The molecule has 2 aromatic carbocycles. The molecule has 0 saturated carbocycles. The minimum atomic E-state index is 0.284. The van der Waals surface area contributed by atoms with E-state index in [1.54, 1.807) is 0 Å². The maximum atomic E-state index is 3.65. The van der Waals surface area contributed by atoms with E-state index in [0.29, 0.717) is 0 Å². The van der Waals surface area contributed by atoms with Gasteiger partial charge in [0, 0.05) is 0 Å². The van der Waals surface area contributed by atoms with Gasteiger partial charge >= 0.3 is 0 Å². The second-order valence-corrected chi connectivity index (χ2v) is 5.79. The fourth-order valence-electron chi connectivity index (χ4n) is 3.04. The van der Waals surface area contributed by atoms with Crippen LogP contribution in [0.4, 0.5) is 0 Å². The van der Waals surface area contributed by atoms with Crippen molar-refractivity contribution < 1.29 is 0 Å². The molecular formula is C20H27N. The molecule has 0 bridgehead atoms.